The molecule has 0 heterocycles. The highest BCUT2D eigenvalue weighted by atomic mass is 16.5. The molecule has 0 atom stereocenters. The molecule has 0 N–H and O–H groups in total. The minimum Gasteiger partial charge on any atom is -0.462 e. The Morgan fingerprint density at radius 3 is 2.47 bits per heavy atom. The Morgan fingerprint density at radius 2 is 1.82 bits per heavy atom. The smallest absolute Gasteiger partial charge is 0.338 e. The number of rotatable bonds is 3. The third kappa shape index (κ3) is 2.16. The SMILES string of the molecule is CCOC(=O)c1cccc2cccc(CC)c12. The van der Waals surface area contributed by atoms with Crippen molar-refractivity contribution >= 4 is 16.7 Å². The first-order valence-corrected chi connectivity index (χ1v) is 5.95. The third-order valence-electron chi connectivity index (χ3n) is 2.87. The van der Waals surface area contributed by atoms with Gasteiger partial charge in [0.2, 0.25) is 0 Å². The highest BCUT2D eigenvalue weighted by Gasteiger charge is 2.12. The molecule has 2 heteroatoms. The third-order valence-corrected chi connectivity index (χ3v) is 2.87. The van der Waals surface area contributed by atoms with Crippen molar-refractivity contribution in [3.63, 3.8) is 0 Å². The Hall–Kier alpha value is -1.83. The molecule has 2 nitrogen and oxygen atoms in total. The van der Waals surface area contributed by atoms with Crippen LogP contribution in [0.15, 0.2) is 36.4 Å². The molecule has 0 amide bonds. The average molecular weight is 228 g/mol. The molecule has 0 aromatic heterocycles. The van der Waals surface area contributed by atoms with Crippen molar-refractivity contribution in [1.29, 1.82) is 0 Å². The molecule has 2 rings (SSSR count). The molecular formula is C15H16O2. The maximum absolute atomic E-state index is 11.9. The number of benzene rings is 2. The maximum Gasteiger partial charge on any atom is 0.338 e. The monoisotopic (exact) mass is 228 g/mol. The number of fused-ring (bicyclic) bond motifs is 1. The van der Waals surface area contributed by atoms with Crippen molar-refractivity contribution in [2.24, 2.45) is 0 Å². The molecule has 0 aliphatic heterocycles. The Bertz CT molecular complexity index is 538. The molecule has 0 fully saturated rings. The van der Waals surface area contributed by atoms with Crippen LogP contribution in [0, 0.1) is 0 Å². The first kappa shape index (κ1) is 11.6. The summed E-state index contributed by atoms with van der Waals surface area (Å²) < 4.78 is 5.10. The Kier molecular flexibility index (Phi) is 3.43. The summed E-state index contributed by atoms with van der Waals surface area (Å²) >= 11 is 0. The maximum atomic E-state index is 11.9. The van der Waals surface area contributed by atoms with Gasteiger partial charge in [0.15, 0.2) is 0 Å². The lowest BCUT2D eigenvalue weighted by Crippen LogP contribution is -2.06. The van der Waals surface area contributed by atoms with Crippen molar-refractivity contribution in [2.45, 2.75) is 20.3 Å². The number of ether oxygens (including phenoxy) is 1. The van der Waals surface area contributed by atoms with Crippen LogP contribution in [0.5, 0.6) is 0 Å². The van der Waals surface area contributed by atoms with Gasteiger partial charge in [0.1, 0.15) is 0 Å². The molecule has 0 aliphatic rings. The molecule has 0 aliphatic carbocycles. The average Bonchev–Trinajstić information content (AvgIpc) is 2.37. The van der Waals surface area contributed by atoms with E-state index < -0.39 is 0 Å². The van der Waals surface area contributed by atoms with E-state index in [1.54, 1.807) is 0 Å². The van der Waals surface area contributed by atoms with Crippen molar-refractivity contribution in [2.75, 3.05) is 6.61 Å². The second-order valence-electron chi connectivity index (χ2n) is 3.89. The molecule has 0 radical (unpaired) electrons. The van der Waals surface area contributed by atoms with Gasteiger partial charge in [-0.2, -0.15) is 0 Å². The van der Waals surface area contributed by atoms with Crippen LogP contribution < -0.4 is 0 Å². The normalized spacial score (nSPS) is 10.5. The van der Waals surface area contributed by atoms with Crippen LogP contribution in [0.1, 0.15) is 29.8 Å². The summed E-state index contributed by atoms with van der Waals surface area (Å²) in [5.74, 6) is -0.237. The number of hydrogen-bond acceptors (Lipinski definition) is 2. The number of carbonyl (C=O) groups excluding carboxylic acids is 1. The van der Waals surface area contributed by atoms with E-state index in [9.17, 15) is 4.79 Å². The zero-order chi connectivity index (χ0) is 12.3. The van der Waals surface area contributed by atoms with Crippen LogP contribution in [0.2, 0.25) is 0 Å². The number of esters is 1. The van der Waals surface area contributed by atoms with E-state index in [1.165, 1.54) is 5.56 Å². The molecule has 0 saturated heterocycles. The number of aryl methyl sites for hydroxylation is 1. The lowest BCUT2D eigenvalue weighted by Gasteiger charge is -2.09. The zero-order valence-electron chi connectivity index (χ0n) is 10.2. The highest BCUT2D eigenvalue weighted by Crippen LogP contribution is 2.24. The van der Waals surface area contributed by atoms with E-state index in [4.69, 9.17) is 4.74 Å². The molecule has 0 bridgehead atoms. The zero-order valence-corrected chi connectivity index (χ0v) is 10.2. The quantitative estimate of drug-likeness (QED) is 0.750. The van der Waals surface area contributed by atoms with E-state index >= 15 is 0 Å². The molecule has 88 valence electrons. The van der Waals surface area contributed by atoms with E-state index in [0.29, 0.717) is 12.2 Å². The van der Waals surface area contributed by atoms with E-state index in [0.717, 1.165) is 17.2 Å². The fourth-order valence-electron chi connectivity index (χ4n) is 2.09. The Balaban J connectivity index is 2.66. The molecule has 0 unspecified atom stereocenters. The van der Waals surface area contributed by atoms with Gasteiger partial charge in [0.05, 0.1) is 12.2 Å². The summed E-state index contributed by atoms with van der Waals surface area (Å²) in [4.78, 5) is 11.9. The van der Waals surface area contributed by atoms with Gasteiger partial charge in [-0.25, -0.2) is 4.79 Å². The lowest BCUT2D eigenvalue weighted by molar-refractivity contribution is 0.0528. The molecule has 17 heavy (non-hydrogen) atoms. The van der Waals surface area contributed by atoms with Crippen LogP contribution >= 0.6 is 0 Å². The van der Waals surface area contributed by atoms with Gasteiger partial charge in [-0.15, -0.1) is 0 Å². The standard InChI is InChI=1S/C15H16O2/c1-3-11-7-5-8-12-9-6-10-13(14(11)12)15(16)17-4-2/h5-10H,3-4H2,1-2H3. The van der Waals surface area contributed by atoms with Crippen LogP contribution in [-0.2, 0) is 11.2 Å². The number of hydrogen-bond donors (Lipinski definition) is 0. The van der Waals surface area contributed by atoms with Crippen LogP contribution in [-0.4, -0.2) is 12.6 Å². The van der Waals surface area contributed by atoms with E-state index in [-0.39, 0.29) is 5.97 Å². The van der Waals surface area contributed by atoms with Gasteiger partial charge >= 0.3 is 5.97 Å². The van der Waals surface area contributed by atoms with Crippen molar-refractivity contribution < 1.29 is 9.53 Å². The lowest BCUT2D eigenvalue weighted by atomic mass is 9.98. The molecule has 2 aromatic carbocycles. The summed E-state index contributed by atoms with van der Waals surface area (Å²) in [6.07, 6.45) is 0.910. The fourth-order valence-corrected chi connectivity index (χ4v) is 2.09. The van der Waals surface area contributed by atoms with Gasteiger partial charge in [-0.05, 0) is 35.7 Å². The van der Waals surface area contributed by atoms with E-state index in [1.807, 2.05) is 37.3 Å². The van der Waals surface area contributed by atoms with Crippen LogP contribution in [0.4, 0.5) is 0 Å². The summed E-state index contributed by atoms with van der Waals surface area (Å²) in [6.45, 7) is 4.32. The summed E-state index contributed by atoms with van der Waals surface area (Å²) in [6, 6.07) is 11.9. The van der Waals surface area contributed by atoms with Gasteiger partial charge in [-0.1, -0.05) is 37.3 Å². The summed E-state index contributed by atoms with van der Waals surface area (Å²) in [5.41, 5.74) is 1.85. The largest absolute Gasteiger partial charge is 0.462 e. The highest BCUT2D eigenvalue weighted by molar-refractivity contribution is 6.05. The van der Waals surface area contributed by atoms with Crippen molar-refractivity contribution in [1.82, 2.24) is 0 Å². The summed E-state index contributed by atoms with van der Waals surface area (Å²) in [5, 5.41) is 2.12. The first-order valence-electron chi connectivity index (χ1n) is 5.95. The molecule has 0 saturated carbocycles. The van der Waals surface area contributed by atoms with Gasteiger partial charge in [0, 0.05) is 0 Å². The predicted octanol–water partition coefficient (Wildman–Crippen LogP) is 3.58. The van der Waals surface area contributed by atoms with Crippen molar-refractivity contribution in [3.05, 3.63) is 47.5 Å². The second-order valence-corrected chi connectivity index (χ2v) is 3.89. The molecule has 0 spiro atoms. The molecule has 2 aromatic rings. The Labute approximate surface area is 101 Å². The topological polar surface area (TPSA) is 26.3 Å². The van der Waals surface area contributed by atoms with Crippen LogP contribution in [0.25, 0.3) is 10.8 Å². The first-order chi connectivity index (χ1) is 8.27. The fraction of sp³-hybridized carbons (Fsp3) is 0.267. The predicted molar refractivity (Wildman–Crippen MR) is 69.3 cm³/mol. The minimum absolute atomic E-state index is 0.237. The van der Waals surface area contributed by atoms with E-state index in [2.05, 4.69) is 13.0 Å². The minimum atomic E-state index is -0.237. The van der Waals surface area contributed by atoms with Gasteiger partial charge in [-0.3, -0.25) is 0 Å². The Morgan fingerprint density at radius 1 is 1.12 bits per heavy atom. The second kappa shape index (κ2) is 5.00. The van der Waals surface area contributed by atoms with Crippen molar-refractivity contribution in [3.8, 4) is 0 Å². The van der Waals surface area contributed by atoms with Gasteiger partial charge in [0.25, 0.3) is 0 Å². The molecular weight excluding hydrogens is 212 g/mol. The van der Waals surface area contributed by atoms with Gasteiger partial charge < -0.3 is 4.74 Å². The number of carbonyl (C=O) groups is 1. The summed E-state index contributed by atoms with van der Waals surface area (Å²) in [7, 11) is 0. The van der Waals surface area contributed by atoms with Crippen LogP contribution in [0.3, 0.4) is 0 Å².